The Labute approximate surface area is 161 Å². The molecular weight excluding hydrogens is 346 g/mol. The number of ether oxygens (including phenoxy) is 1. The molecule has 4 aromatic carbocycles. The first kappa shape index (κ1) is 15.3. The first-order chi connectivity index (χ1) is 13.8. The van der Waals surface area contributed by atoms with E-state index in [1.807, 2.05) is 18.2 Å². The fourth-order valence-corrected chi connectivity index (χ4v) is 4.21. The summed E-state index contributed by atoms with van der Waals surface area (Å²) in [6.45, 7) is 0. The number of hydrogen-bond acceptors (Lipinski definition) is 2. The molecule has 0 aliphatic carbocycles. The molecule has 0 fully saturated rings. The lowest BCUT2D eigenvalue weighted by Crippen LogP contribution is -1.81. The molecule has 0 aliphatic rings. The summed E-state index contributed by atoms with van der Waals surface area (Å²) in [7, 11) is 1.70. The van der Waals surface area contributed by atoms with Gasteiger partial charge in [-0.05, 0) is 24.3 Å². The standard InChI is InChI=1S/C25H17NO2/c1-27-15-12-13-22-21(14-15)18-8-4-7-17(24(18)26-22)20-10-5-9-19-16-6-2-3-11-23(16)28-25(19)20/h2-14,26H,1H3. The Morgan fingerprint density at radius 2 is 1.50 bits per heavy atom. The molecule has 0 amide bonds. The minimum atomic E-state index is 0.859. The number of rotatable bonds is 2. The molecule has 2 heterocycles. The maximum Gasteiger partial charge on any atom is 0.143 e. The minimum Gasteiger partial charge on any atom is -0.497 e. The number of methoxy groups -OCH3 is 1. The average molecular weight is 363 g/mol. The van der Waals surface area contributed by atoms with Crippen molar-refractivity contribution in [2.24, 2.45) is 0 Å². The lowest BCUT2D eigenvalue weighted by molar-refractivity contribution is 0.415. The van der Waals surface area contributed by atoms with Crippen LogP contribution in [0.1, 0.15) is 0 Å². The Morgan fingerprint density at radius 1 is 0.714 bits per heavy atom. The number of aromatic nitrogens is 1. The van der Waals surface area contributed by atoms with E-state index in [4.69, 9.17) is 9.15 Å². The molecule has 0 aliphatic heterocycles. The first-order valence-corrected chi connectivity index (χ1v) is 9.32. The number of nitrogens with one attached hydrogen (secondary N) is 1. The molecule has 3 nitrogen and oxygen atoms in total. The quantitative estimate of drug-likeness (QED) is 0.363. The van der Waals surface area contributed by atoms with Crippen molar-refractivity contribution < 1.29 is 9.15 Å². The average Bonchev–Trinajstić information content (AvgIpc) is 3.31. The van der Waals surface area contributed by atoms with Crippen LogP contribution in [0.4, 0.5) is 0 Å². The predicted octanol–water partition coefficient (Wildman–Crippen LogP) is 6.90. The Hall–Kier alpha value is -3.72. The second-order valence-corrected chi connectivity index (χ2v) is 7.05. The van der Waals surface area contributed by atoms with Gasteiger partial charge in [-0.25, -0.2) is 0 Å². The van der Waals surface area contributed by atoms with Crippen LogP contribution in [0.5, 0.6) is 5.75 Å². The largest absolute Gasteiger partial charge is 0.497 e. The molecular formula is C25H17NO2. The van der Waals surface area contributed by atoms with E-state index in [0.717, 1.165) is 55.2 Å². The number of para-hydroxylation sites is 3. The van der Waals surface area contributed by atoms with Gasteiger partial charge in [-0.3, -0.25) is 0 Å². The van der Waals surface area contributed by atoms with E-state index in [1.165, 1.54) is 5.39 Å². The highest BCUT2D eigenvalue weighted by atomic mass is 16.5. The molecule has 0 atom stereocenters. The number of hydrogen-bond donors (Lipinski definition) is 1. The van der Waals surface area contributed by atoms with Crippen LogP contribution in [-0.2, 0) is 0 Å². The summed E-state index contributed by atoms with van der Waals surface area (Å²) in [6, 6.07) is 27.1. The lowest BCUT2D eigenvalue weighted by Gasteiger charge is -2.05. The van der Waals surface area contributed by atoms with E-state index >= 15 is 0 Å². The van der Waals surface area contributed by atoms with Gasteiger partial charge in [0, 0.05) is 38.2 Å². The topological polar surface area (TPSA) is 38.2 Å². The predicted molar refractivity (Wildman–Crippen MR) is 115 cm³/mol. The van der Waals surface area contributed by atoms with Crippen LogP contribution in [-0.4, -0.2) is 12.1 Å². The van der Waals surface area contributed by atoms with Crippen molar-refractivity contribution in [2.45, 2.75) is 0 Å². The van der Waals surface area contributed by atoms with Crippen molar-refractivity contribution in [3.8, 4) is 16.9 Å². The summed E-state index contributed by atoms with van der Waals surface area (Å²) in [5.41, 5.74) is 6.28. The molecule has 2 aromatic heterocycles. The number of fused-ring (bicyclic) bond motifs is 6. The van der Waals surface area contributed by atoms with Crippen molar-refractivity contribution in [1.82, 2.24) is 4.98 Å². The van der Waals surface area contributed by atoms with Crippen molar-refractivity contribution >= 4 is 43.7 Å². The number of benzene rings is 4. The van der Waals surface area contributed by atoms with Gasteiger partial charge in [-0.2, -0.15) is 0 Å². The van der Waals surface area contributed by atoms with Gasteiger partial charge in [-0.15, -0.1) is 0 Å². The van der Waals surface area contributed by atoms with Gasteiger partial charge in [-0.1, -0.05) is 54.6 Å². The van der Waals surface area contributed by atoms with Crippen LogP contribution < -0.4 is 4.74 Å². The fraction of sp³-hybridized carbons (Fsp3) is 0.0400. The minimum absolute atomic E-state index is 0.859. The molecule has 28 heavy (non-hydrogen) atoms. The Bertz CT molecular complexity index is 1500. The highest BCUT2D eigenvalue weighted by Gasteiger charge is 2.15. The molecule has 134 valence electrons. The summed E-state index contributed by atoms with van der Waals surface area (Å²) in [5.74, 6) is 0.859. The molecule has 6 aromatic rings. The SMILES string of the molecule is COc1ccc2[nH]c3c(-c4cccc5c4oc4ccccc45)cccc3c2c1. The van der Waals surface area contributed by atoms with Crippen LogP contribution in [0, 0.1) is 0 Å². The van der Waals surface area contributed by atoms with Crippen molar-refractivity contribution in [3.05, 3.63) is 78.9 Å². The molecule has 0 radical (unpaired) electrons. The van der Waals surface area contributed by atoms with Gasteiger partial charge in [0.2, 0.25) is 0 Å². The van der Waals surface area contributed by atoms with Crippen LogP contribution in [0.25, 0.3) is 54.9 Å². The van der Waals surface area contributed by atoms with E-state index in [0.29, 0.717) is 0 Å². The van der Waals surface area contributed by atoms with E-state index in [2.05, 4.69) is 65.6 Å². The summed E-state index contributed by atoms with van der Waals surface area (Å²) in [6.07, 6.45) is 0. The molecule has 0 saturated heterocycles. The van der Waals surface area contributed by atoms with Gasteiger partial charge in [0.05, 0.1) is 12.6 Å². The van der Waals surface area contributed by atoms with Gasteiger partial charge >= 0.3 is 0 Å². The second kappa shape index (κ2) is 5.64. The van der Waals surface area contributed by atoms with Gasteiger partial charge in [0.1, 0.15) is 16.9 Å². The summed E-state index contributed by atoms with van der Waals surface area (Å²) in [4.78, 5) is 3.60. The normalized spacial score (nSPS) is 11.8. The van der Waals surface area contributed by atoms with Crippen LogP contribution >= 0.6 is 0 Å². The second-order valence-electron chi connectivity index (χ2n) is 7.05. The van der Waals surface area contributed by atoms with Crippen molar-refractivity contribution in [2.75, 3.05) is 7.11 Å². The van der Waals surface area contributed by atoms with Crippen molar-refractivity contribution in [3.63, 3.8) is 0 Å². The monoisotopic (exact) mass is 363 g/mol. The molecule has 0 spiro atoms. The Balaban J connectivity index is 1.71. The number of H-pyrrole nitrogens is 1. The smallest absolute Gasteiger partial charge is 0.143 e. The number of aromatic amines is 1. The van der Waals surface area contributed by atoms with E-state index in [1.54, 1.807) is 7.11 Å². The van der Waals surface area contributed by atoms with Gasteiger partial charge in [0.15, 0.2) is 0 Å². The third-order valence-electron chi connectivity index (χ3n) is 5.54. The zero-order chi connectivity index (χ0) is 18.7. The highest BCUT2D eigenvalue weighted by molar-refractivity contribution is 6.16. The number of furan rings is 1. The van der Waals surface area contributed by atoms with E-state index in [-0.39, 0.29) is 0 Å². The molecule has 0 bridgehead atoms. The Morgan fingerprint density at radius 3 is 2.39 bits per heavy atom. The lowest BCUT2D eigenvalue weighted by atomic mass is 10.00. The molecule has 0 saturated carbocycles. The van der Waals surface area contributed by atoms with Gasteiger partial charge in [0.25, 0.3) is 0 Å². The maximum absolute atomic E-state index is 6.26. The Kier molecular flexibility index (Phi) is 3.09. The molecule has 0 unspecified atom stereocenters. The van der Waals surface area contributed by atoms with Gasteiger partial charge < -0.3 is 14.1 Å². The van der Waals surface area contributed by atoms with Crippen LogP contribution in [0.3, 0.4) is 0 Å². The molecule has 1 N–H and O–H groups in total. The zero-order valence-corrected chi connectivity index (χ0v) is 15.3. The van der Waals surface area contributed by atoms with E-state index in [9.17, 15) is 0 Å². The van der Waals surface area contributed by atoms with E-state index < -0.39 is 0 Å². The fourth-order valence-electron chi connectivity index (χ4n) is 4.21. The highest BCUT2D eigenvalue weighted by Crippen LogP contribution is 2.40. The maximum atomic E-state index is 6.26. The first-order valence-electron chi connectivity index (χ1n) is 9.32. The van der Waals surface area contributed by atoms with Crippen LogP contribution in [0.2, 0.25) is 0 Å². The van der Waals surface area contributed by atoms with Crippen LogP contribution in [0.15, 0.2) is 83.3 Å². The third-order valence-corrected chi connectivity index (χ3v) is 5.54. The molecule has 3 heteroatoms. The summed E-state index contributed by atoms with van der Waals surface area (Å²) >= 11 is 0. The zero-order valence-electron chi connectivity index (χ0n) is 15.3. The summed E-state index contributed by atoms with van der Waals surface area (Å²) < 4.78 is 11.7. The van der Waals surface area contributed by atoms with Crippen molar-refractivity contribution in [1.29, 1.82) is 0 Å². The third kappa shape index (κ3) is 2.04. The summed E-state index contributed by atoms with van der Waals surface area (Å²) in [5, 5.41) is 4.63. The molecule has 6 rings (SSSR count).